The molecule has 0 saturated heterocycles. The molecule has 0 saturated carbocycles. The number of imidazole rings is 1. The molecule has 0 amide bonds. The molecule has 5 heteroatoms. The number of benzene rings is 8. The second-order valence-corrected chi connectivity index (χ2v) is 17.7. The van der Waals surface area contributed by atoms with Crippen molar-refractivity contribution in [1.29, 1.82) is 0 Å². The fourth-order valence-electron chi connectivity index (χ4n) is 8.94. The van der Waals surface area contributed by atoms with Gasteiger partial charge >= 0.3 is 0 Å². The average molecular weight is 1020 g/mol. The molecule has 2 aromatic heterocycles. The first-order valence-electron chi connectivity index (χ1n) is 21.9. The number of nitrogens with zero attached hydrogens (tertiary/aromatic N) is 3. The zero-order valence-electron chi connectivity index (χ0n) is 37.1. The van der Waals surface area contributed by atoms with Crippen LogP contribution in [0.15, 0.2) is 194 Å². The third kappa shape index (κ3) is 8.51. The third-order valence-electron chi connectivity index (χ3n) is 12.2. The van der Waals surface area contributed by atoms with Gasteiger partial charge in [0.15, 0.2) is 0 Å². The maximum absolute atomic E-state index is 11.8. The van der Waals surface area contributed by atoms with E-state index >= 15 is 0 Å². The molecule has 320 valence electrons. The Morgan fingerprint density at radius 3 is 1.77 bits per heavy atom. The normalized spacial score (nSPS) is 11.4. The Balaban J connectivity index is 0.00000533. The van der Waals surface area contributed by atoms with Crippen LogP contribution in [0.2, 0.25) is 0 Å². The molecule has 0 fully saturated rings. The number of hydrogen-bond donors (Lipinski definition) is 1. The van der Waals surface area contributed by atoms with E-state index in [0.29, 0.717) is 11.4 Å². The summed E-state index contributed by atoms with van der Waals surface area (Å²) in [5.74, 6) is 0.896. The van der Waals surface area contributed by atoms with Gasteiger partial charge in [0, 0.05) is 38.6 Å². The van der Waals surface area contributed by atoms with Gasteiger partial charge in [0.05, 0.1) is 16.6 Å². The van der Waals surface area contributed by atoms with Crippen molar-refractivity contribution in [1.82, 2.24) is 14.5 Å². The molecule has 8 aromatic carbocycles. The smallest absolute Gasteiger partial charge is 0.148 e. The SMILES string of the molecule is Cc1cc(C)c(O)c(-c2nc3c(-c4[c-]c(-c5cc(-c6ccc(-c7ccccc7)cc6)ccn5)cc(-c5ccccc5)c4)cccc3n2-c2ccc(-c3ccccc3)c(C(C)(C)C)c2)c1.[Pt]. The predicted molar refractivity (Wildman–Crippen MR) is 266 cm³/mol. The molecule has 0 radical (unpaired) electrons. The summed E-state index contributed by atoms with van der Waals surface area (Å²) in [5.41, 5.74) is 18.9. The fraction of sp³-hybridized carbons (Fsp3) is 0.100. The first-order valence-corrected chi connectivity index (χ1v) is 21.9. The van der Waals surface area contributed by atoms with Crippen LogP contribution >= 0.6 is 0 Å². The van der Waals surface area contributed by atoms with Crippen molar-refractivity contribution in [2.24, 2.45) is 0 Å². The molecule has 1 N–H and O–H groups in total. The second-order valence-electron chi connectivity index (χ2n) is 17.7. The third-order valence-corrected chi connectivity index (χ3v) is 12.2. The molecule has 0 aliphatic carbocycles. The summed E-state index contributed by atoms with van der Waals surface area (Å²) in [4.78, 5) is 10.4. The van der Waals surface area contributed by atoms with Gasteiger partial charge in [-0.1, -0.05) is 183 Å². The summed E-state index contributed by atoms with van der Waals surface area (Å²) in [7, 11) is 0. The molecule has 4 nitrogen and oxygen atoms in total. The van der Waals surface area contributed by atoms with E-state index in [9.17, 15) is 5.11 Å². The van der Waals surface area contributed by atoms with Crippen LogP contribution in [-0.2, 0) is 26.5 Å². The molecule has 0 atom stereocenters. The van der Waals surface area contributed by atoms with E-state index in [0.717, 1.165) is 72.5 Å². The van der Waals surface area contributed by atoms with Gasteiger partial charge in [-0.05, 0) is 105 Å². The van der Waals surface area contributed by atoms with Crippen molar-refractivity contribution in [3.05, 3.63) is 217 Å². The van der Waals surface area contributed by atoms with Gasteiger partial charge < -0.3 is 5.11 Å². The Labute approximate surface area is 396 Å². The van der Waals surface area contributed by atoms with Crippen molar-refractivity contribution < 1.29 is 26.2 Å². The molecule has 0 aliphatic heterocycles. The summed E-state index contributed by atoms with van der Waals surface area (Å²) < 4.78 is 2.22. The monoisotopic (exact) mass is 1020 g/mol. The van der Waals surface area contributed by atoms with Crippen LogP contribution in [0, 0.1) is 19.9 Å². The number of phenols is 1. The van der Waals surface area contributed by atoms with Crippen molar-refractivity contribution in [3.8, 4) is 89.7 Å². The number of pyridine rings is 1. The minimum absolute atomic E-state index is 0. The molecule has 10 aromatic rings. The Kier molecular flexibility index (Phi) is 11.8. The molecule has 0 unspecified atom stereocenters. The number of fused-ring (bicyclic) bond motifs is 1. The minimum atomic E-state index is -0.162. The number of phenolic OH excluding ortho intramolecular Hbond substituents is 1. The number of para-hydroxylation sites is 1. The summed E-state index contributed by atoms with van der Waals surface area (Å²) >= 11 is 0. The van der Waals surface area contributed by atoms with Crippen LogP contribution in [0.3, 0.4) is 0 Å². The van der Waals surface area contributed by atoms with Crippen molar-refractivity contribution in [3.63, 3.8) is 0 Å². The topological polar surface area (TPSA) is 50.9 Å². The van der Waals surface area contributed by atoms with E-state index in [1.54, 1.807) is 0 Å². The van der Waals surface area contributed by atoms with Crippen LogP contribution in [0.5, 0.6) is 5.75 Å². The second kappa shape index (κ2) is 17.8. The standard InChI is InChI=1S/C60H48N3O.Pt/c1-39-32-40(2)58(64)53(33-39)59-62-57-52(22-15-23-56(57)63(59)50-28-29-51(45-20-13-8-14-21-45)54(38-50)60(3,4)5)48-34-47(42-18-11-7-12-19-42)35-49(36-48)55-37-46(30-31-61-55)44-26-24-43(25-27-44)41-16-9-6-10-17-41;/h6-35,37-38,64H,1-5H3;/q-1;. The van der Waals surface area contributed by atoms with E-state index in [1.807, 2.05) is 37.4 Å². The van der Waals surface area contributed by atoms with E-state index in [1.165, 1.54) is 27.8 Å². The van der Waals surface area contributed by atoms with Crippen LogP contribution < -0.4 is 0 Å². The van der Waals surface area contributed by atoms with Crippen LogP contribution in [0.1, 0.15) is 37.5 Å². The predicted octanol–water partition coefficient (Wildman–Crippen LogP) is 15.5. The van der Waals surface area contributed by atoms with Gasteiger partial charge in [0.25, 0.3) is 0 Å². The Bertz CT molecular complexity index is 3310. The van der Waals surface area contributed by atoms with Crippen molar-refractivity contribution >= 4 is 11.0 Å². The summed E-state index contributed by atoms with van der Waals surface area (Å²) in [6.45, 7) is 10.8. The number of hydrogen-bond acceptors (Lipinski definition) is 3. The minimum Gasteiger partial charge on any atom is -0.507 e. The molecule has 65 heavy (non-hydrogen) atoms. The molecule has 0 spiro atoms. The number of aryl methyl sites for hydroxylation is 2. The Morgan fingerprint density at radius 1 is 0.508 bits per heavy atom. The zero-order valence-corrected chi connectivity index (χ0v) is 39.4. The first-order chi connectivity index (χ1) is 31.1. The Morgan fingerprint density at radius 2 is 1.11 bits per heavy atom. The van der Waals surface area contributed by atoms with Crippen LogP contribution in [-0.4, -0.2) is 19.6 Å². The maximum Gasteiger partial charge on any atom is 0.148 e. The zero-order chi connectivity index (χ0) is 44.0. The van der Waals surface area contributed by atoms with E-state index in [4.69, 9.17) is 9.97 Å². The summed E-state index contributed by atoms with van der Waals surface area (Å²) in [6, 6.07) is 69.8. The van der Waals surface area contributed by atoms with E-state index in [2.05, 4.69) is 202 Å². The van der Waals surface area contributed by atoms with Crippen LogP contribution in [0.25, 0.3) is 95.0 Å². The molecular formula is C60H48N3OPt-. The fourth-order valence-corrected chi connectivity index (χ4v) is 8.94. The van der Waals surface area contributed by atoms with Gasteiger partial charge in [0.1, 0.15) is 11.6 Å². The van der Waals surface area contributed by atoms with Gasteiger partial charge in [-0.3, -0.25) is 9.55 Å². The molecule has 2 heterocycles. The summed E-state index contributed by atoms with van der Waals surface area (Å²) in [6.07, 6.45) is 1.89. The largest absolute Gasteiger partial charge is 0.507 e. The molecule has 0 bridgehead atoms. The molecule has 10 rings (SSSR count). The molecule has 0 aliphatic rings. The van der Waals surface area contributed by atoms with E-state index in [-0.39, 0.29) is 32.2 Å². The van der Waals surface area contributed by atoms with Crippen molar-refractivity contribution in [2.75, 3.05) is 0 Å². The quantitative estimate of drug-likeness (QED) is 0.154. The van der Waals surface area contributed by atoms with Gasteiger partial charge in [0.2, 0.25) is 0 Å². The Hall–Kier alpha value is -7.13. The van der Waals surface area contributed by atoms with Gasteiger partial charge in [-0.2, -0.15) is 0 Å². The van der Waals surface area contributed by atoms with Crippen LogP contribution in [0.4, 0.5) is 0 Å². The molecular weight excluding hydrogens is 974 g/mol. The first kappa shape index (κ1) is 43.1. The number of rotatable bonds is 8. The average Bonchev–Trinajstić information content (AvgIpc) is 3.73. The maximum atomic E-state index is 11.8. The van der Waals surface area contributed by atoms with E-state index < -0.39 is 0 Å². The number of aromatic nitrogens is 3. The van der Waals surface area contributed by atoms with Gasteiger partial charge in [-0.15, -0.1) is 23.8 Å². The van der Waals surface area contributed by atoms with Crippen molar-refractivity contribution in [2.45, 2.75) is 40.0 Å². The summed E-state index contributed by atoms with van der Waals surface area (Å²) in [5, 5.41) is 11.8. The van der Waals surface area contributed by atoms with Gasteiger partial charge in [-0.25, -0.2) is 4.98 Å². The number of aromatic hydroxyl groups is 1.